The van der Waals surface area contributed by atoms with Crippen LogP contribution < -0.4 is 0 Å². The monoisotopic (exact) mass is 124 g/mol. The lowest BCUT2D eigenvalue weighted by Crippen LogP contribution is -2.08. The van der Waals surface area contributed by atoms with E-state index in [-0.39, 0.29) is 6.61 Å². The third-order valence-corrected chi connectivity index (χ3v) is 0.592. The summed E-state index contributed by atoms with van der Waals surface area (Å²) in [5, 5.41) is 8.69. The largest absolute Gasteiger partial charge is 0.358 e. The van der Waals surface area contributed by atoms with Crippen molar-refractivity contribution in [2.24, 2.45) is 0 Å². The third kappa shape index (κ3) is 4.90. The molecule has 0 heterocycles. The minimum Gasteiger partial charge on any atom is -0.358 e. The van der Waals surface area contributed by atoms with E-state index in [0.29, 0.717) is 0 Å². The molecule has 0 aromatic heterocycles. The molecule has 0 amide bonds. The van der Waals surface area contributed by atoms with Gasteiger partial charge in [0.05, 0.1) is 0 Å². The van der Waals surface area contributed by atoms with E-state index in [1.54, 1.807) is 6.92 Å². The van der Waals surface area contributed by atoms with Gasteiger partial charge in [-0.15, -0.1) is 12.3 Å². The molecule has 0 saturated carbocycles. The molecule has 0 fully saturated rings. The van der Waals surface area contributed by atoms with E-state index in [4.69, 9.17) is 11.5 Å². The van der Waals surface area contributed by atoms with Gasteiger partial charge in [-0.2, -0.15) is 0 Å². The first kappa shape index (κ1) is 8.04. The second kappa shape index (κ2) is 5.18. The Bertz CT molecular complexity index is 156. The summed E-state index contributed by atoms with van der Waals surface area (Å²) in [6.07, 6.45) is 3.80. The van der Waals surface area contributed by atoms with Crippen LogP contribution >= 0.6 is 0 Å². The number of aliphatic hydroxyl groups excluding tert-OH is 1. The summed E-state index contributed by atoms with van der Waals surface area (Å²) in [4.78, 5) is 0. The van der Waals surface area contributed by atoms with E-state index in [9.17, 15) is 0 Å². The fourth-order valence-corrected chi connectivity index (χ4v) is 0.292. The SMILES string of the molecule is C#CCOC(O)C#CC. The quantitative estimate of drug-likeness (QED) is 0.414. The second-order valence-corrected chi connectivity index (χ2v) is 1.26. The molecule has 0 aliphatic rings. The van der Waals surface area contributed by atoms with Crippen LogP contribution in [0.3, 0.4) is 0 Å². The molecule has 2 heteroatoms. The molecule has 0 aromatic rings. The molecule has 1 atom stereocenters. The Hall–Kier alpha value is -0.960. The van der Waals surface area contributed by atoms with Crippen LogP contribution in [-0.4, -0.2) is 18.0 Å². The highest BCUT2D eigenvalue weighted by Crippen LogP contribution is 1.81. The average molecular weight is 124 g/mol. The highest BCUT2D eigenvalue weighted by molar-refractivity contribution is 4.98. The lowest BCUT2D eigenvalue weighted by molar-refractivity contribution is -0.0428. The normalized spacial score (nSPS) is 10.8. The molecule has 0 rings (SSSR count). The Kier molecular flexibility index (Phi) is 4.63. The maximum Gasteiger partial charge on any atom is 0.220 e. The van der Waals surface area contributed by atoms with Crippen LogP contribution in [0.5, 0.6) is 0 Å². The van der Waals surface area contributed by atoms with Crippen LogP contribution in [0.4, 0.5) is 0 Å². The number of ether oxygens (including phenoxy) is 1. The molecule has 2 nitrogen and oxygen atoms in total. The predicted octanol–water partition coefficient (Wildman–Crippen LogP) is -0.0221. The van der Waals surface area contributed by atoms with Crippen molar-refractivity contribution in [2.45, 2.75) is 13.2 Å². The van der Waals surface area contributed by atoms with Crippen LogP contribution in [0.25, 0.3) is 0 Å². The summed E-state index contributed by atoms with van der Waals surface area (Å²) in [6, 6.07) is 0. The summed E-state index contributed by atoms with van der Waals surface area (Å²) in [6.45, 7) is 1.71. The van der Waals surface area contributed by atoms with E-state index in [2.05, 4.69) is 22.5 Å². The predicted molar refractivity (Wildman–Crippen MR) is 34.2 cm³/mol. The number of rotatable bonds is 2. The molecule has 0 radical (unpaired) electrons. The van der Waals surface area contributed by atoms with E-state index in [0.717, 1.165) is 0 Å². The van der Waals surface area contributed by atoms with Gasteiger partial charge in [-0.25, -0.2) is 0 Å². The summed E-state index contributed by atoms with van der Waals surface area (Å²) in [5.41, 5.74) is 0. The first-order chi connectivity index (χ1) is 4.31. The van der Waals surface area contributed by atoms with Crippen molar-refractivity contribution in [3.63, 3.8) is 0 Å². The van der Waals surface area contributed by atoms with E-state index in [1.165, 1.54) is 0 Å². The minimum absolute atomic E-state index is 0.0931. The van der Waals surface area contributed by atoms with Gasteiger partial charge in [0.1, 0.15) is 6.61 Å². The molecule has 0 spiro atoms. The Morgan fingerprint density at radius 3 is 2.89 bits per heavy atom. The van der Waals surface area contributed by atoms with Crippen molar-refractivity contribution in [1.82, 2.24) is 0 Å². The standard InChI is InChI=1S/C7H8O2/c1-3-5-7(8)9-6-4-2/h2,7-8H,6H2,1H3. The molecule has 9 heavy (non-hydrogen) atoms. The van der Waals surface area contributed by atoms with Crippen molar-refractivity contribution in [3.05, 3.63) is 0 Å². The zero-order valence-electron chi connectivity index (χ0n) is 5.22. The van der Waals surface area contributed by atoms with Crippen molar-refractivity contribution in [1.29, 1.82) is 0 Å². The maximum absolute atomic E-state index is 8.69. The molecule has 1 N–H and O–H groups in total. The van der Waals surface area contributed by atoms with Gasteiger partial charge >= 0.3 is 0 Å². The van der Waals surface area contributed by atoms with Crippen molar-refractivity contribution >= 4 is 0 Å². The van der Waals surface area contributed by atoms with Crippen molar-refractivity contribution in [2.75, 3.05) is 6.61 Å². The average Bonchev–Trinajstić information content (AvgIpc) is 1.85. The van der Waals surface area contributed by atoms with E-state index < -0.39 is 6.29 Å². The highest BCUT2D eigenvalue weighted by Gasteiger charge is 1.92. The Labute approximate surface area is 54.8 Å². The van der Waals surface area contributed by atoms with Gasteiger partial charge in [-0.05, 0) is 12.8 Å². The van der Waals surface area contributed by atoms with E-state index in [1.807, 2.05) is 0 Å². The van der Waals surface area contributed by atoms with Crippen LogP contribution in [0.15, 0.2) is 0 Å². The molecule has 0 saturated heterocycles. The topological polar surface area (TPSA) is 29.5 Å². The molecule has 0 aliphatic carbocycles. The van der Waals surface area contributed by atoms with Gasteiger partial charge in [-0.1, -0.05) is 5.92 Å². The first-order valence-corrected chi connectivity index (χ1v) is 2.46. The smallest absolute Gasteiger partial charge is 0.220 e. The molecule has 48 valence electrons. The fourth-order valence-electron chi connectivity index (χ4n) is 0.292. The van der Waals surface area contributed by atoms with Gasteiger partial charge in [0, 0.05) is 0 Å². The fraction of sp³-hybridized carbons (Fsp3) is 0.429. The van der Waals surface area contributed by atoms with Crippen LogP contribution in [0, 0.1) is 24.2 Å². The highest BCUT2D eigenvalue weighted by atomic mass is 16.6. The molecule has 0 bridgehead atoms. The molecular formula is C7H8O2. The zero-order chi connectivity index (χ0) is 7.11. The van der Waals surface area contributed by atoms with Gasteiger partial charge in [0.25, 0.3) is 0 Å². The van der Waals surface area contributed by atoms with Gasteiger partial charge < -0.3 is 9.84 Å². The molecule has 0 aliphatic heterocycles. The maximum atomic E-state index is 8.69. The summed E-state index contributed by atoms with van der Waals surface area (Å²) < 4.78 is 4.58. The van der Waals surface area contributed by atoms with Crippen molar-refractivity contribution < 1.29 is 9.84 Å². The number of terminal acetylenes is 1. The van der Waals surface area contributed by atoms with Gasteiger partial charge in [0.2, 0.25) is 6.29 Å². The van der Waals surface area contributed by atoms with Crippen LogP contribution in [0.2, 0.25) is 0 Å². The van der Waals surface area contributed by atoms with Crippen molar-refractivity contribution in [3.8, 4) is 24.2 Å². The van der Waals surface area contributed by atoms with Crippen LogP contribution in [0.1, 0.15) is 6.92 Å². The lowest BCUT2D eigenvalue weighted by Gasteiger charge is -1.98. The summed E-state index contributed by atoms with van der Waals surface area (Å²) in [5.74, 6) is 7.06. The molecular weight excluding hydrogens is 116 g/mol. The molecule has 0 aromatic carbocycles. The van der Waals surface area contributed by atoms with Gasteiger partial charge in [-0.3, -0.25) is 0 Å². The van der Waals surface area contributed by atoms with E-state index >= 15 is 0 Å². The van der Waals surface area contributed by atoms with Gasteiger partial charge in [0.15, 0.2) is 0 Å². The van der Waals surface area contributed by atoms with Crippen LogP contribution in [-0.2, 0) is 4.74 Å². The summed E-state index contributed by atoms with van der Waals surface area (Å²) in [7, 11) is 0. The Balaban J connectivity index is 3.37. The molecule has 1 unspecified atom stereocenters. The number of hydrogen-bond acceptors (Lipinski definition) is 2. The number of hydrogen-bond donors (Lipinski definition) is 1. The third-order valence-electron chi connectivity index (χ3n) is 0.592. The number of aliphatic hydroxyl groups is 1. The minimum atomic E-state index is -1.04. The first-order valence-electron chi connectivity index (χ1n) is 2.46. The Morgan fingerprint density at radius 2 is 2.44 bits per heavy atom. The second-order valence-electron chi connectivity index (χ2n) is 1.26. The Morgan fingerprint density at radius 1 is 1.78 bits per heavy atom. The summed E-state index contributed by atoms with van der Waals surface area (Å²) >= 11 is 0. The lowest BCUT2D eigenvalue weighted by atomic mass is 10.6. The zero-order valence-corrected chi connectivity index (χ0v) is 5.22.